The Morgan fingerprint density at radius 3 is 1.05 bits per heavy atom. The first-order chi connectivity index (χ1) is 21.1. The van der Waals surface area contributed by atoms with Gasteiger partial charge in [0.2, 0.25) is 11.6 Å². The second-order valence-electron chi connectivity index (χ2n) is 13.6. The molecule has 234 valence electrons. The van der Waals surface area contributed by atoms with Crippen LogP contribution in [0.15, 0.2) is 36.4 Å². The molecule has 8 heteroatoms. The zero-order chi connectivity index (χ0) is 31.6. The highest BCUT2D eigenvalue weighted by Crippen LogP contribution is 2.24. The van der Waals surface area contributed by atoms with Gasteiger partial charge in [0.1, 0.15) is 11.4 Å². The molecule has 4 heterocycles. The molecule has 4 aromatic heterocycles. The maximum absolute atomic E-state index is 4.98. The van der Waals surface area contributed by atoms with Gasteiger partial charge in [0.05, 0.1) is 34.2 Å². The summed E-state index contributed by atoms with van der Waals surface area (Å²) < 4.78 is 0. The van der Waals surface area contributed by atoms with Gasteiger partial charge in [0, 0.05) is 0 Å². The van der Waals surface area contributed by atoms with E-state index in [1.807, 2.05) is 36.4 Å². The van der Waals surface area contributed by atoms with Crippen LogP contribution in [0.25, 0.3) is 34.4 Å². The molecule has 8 nitrogen and oxygen atoms in total. The second-order valence-corrected chi connectivity index (χ2v) is 13.6. The fourth-order valence-corrected chi connectivity index (χ4v) is 4.87. The number of rotatable bonds is 15. The van der Waals surface area contributed by atoms with Crippen LogP contribution in [0.3, 0.4) is 0 Å². The predicted molar refractivity (Wildman–Crippen MR) is 178 cm³/mol. The van der Waals surface area contributed by atoms with Gasteiger partial charge in [0.25, 0.3) is 0 Å². The fraction of sp³-hybridized carbons (Fsp3) is 0.556. The second kappa shape index (κ2) is 15.9. The summed E-state index contributed by atoms with van der Waals surface area (Å²) in [6, 6.07) is 11.7. The van der Waals surface area contributed by atoms with Crippen molar-refractivity contribution in [2.75, 3.05) is 0 Å². The van der Waals surface area contributed by atoms with E-state index in [1.165, 1.54) is 0 Å². The summed E-state index contributed by atoms with van der Waals surface area (Å²) in [7, 11) is 0. The first-order valence-electron chi connectivity index (χ1n) is 16.5. The van der Waals surface area contributed by atoms with Crippen LogP contribution in [0.4, 0.5) is 0 Å². The molecule has 0 saturated heterocycles. The van der Waals surface area contributed by atoms with Crippen LogP contribution in [-0.2, 0) is 25.7 Å². The van der Waals surface area contributed by atoms with Crippen molar-refractivity contribution < 1.29 is 0 Å². The SMILES string of the molecule is CC(C)CCc1nnc(-c2cccc(-c3cccc(-c4nnc(CCC(C)C)c(CCC(C)C)n4)n3)n2)nc1CCC(C)C. The van der Waals surface area contributed by atoms with Gasteiger partial charge in [-0.25, -0.2) is 19.9 Å². The third-order valence-electron chi connectivity index (χ3n) is 7.73. The Kier molecular flexibility index (Phi) is 12.0. The normalized spacial score (nSPS) is 11.8. The highest BCUT2D eigenvalue weighted by molar-refractivity contribution is 5.62. The highest BCUT2D eigenvalue weighted by Gasteiger charge is 2.16. The van der Waals surface area contributed by atoms with Crippen molar-refractivity contribution in [3.8, 4) is 34.4 Å². The number of nitrogens with zero attached hydrogens (tertiary/aromatic N) is 8. The van der Waals surface area contributed by atoms with Gasteiger partial charge in [0.15, 0.2) is 0 Å². The number of aryl methyl sites for hydroxylation is 4. The summed E-state index contributed by atoms with van der Waals surface area (Å²) in [6.07, 6.45) is 7.82. The van der Waals surface area contributed by atoms with Crippen LogP contribution in [0.2, 0.25) is 0 Å². The van der Waals surface area contributed by atoms with Crippen LogP contribution >= 0.6 is 0 Å². The van der Waals surface area contributed by atoms with Crippen molar-refractivity contribution in [1.82, 2.24) is 40.3 Å². The zero-order valence-electron chi connectivity index (χ0n) is 28.0. The summed E-state index contributed by atoms with van der Waals surface area (Å²) in [4.78, 5) is 19.8. The van der Waals surface area contributed by atoms with E-state index in [-0.39, 0.29) is 0 Å². The quantitative estimate of drug-likeness (QED) is 0.136. The molecule has 0 saturated carbocycles. The molecule has 0 amide bonds. The Morgan fingerprint density at radius 2 is 0.705 bits per heavy atom. The molecule has 44 heavy (non-hydrogen) atoms. The monoisotopic (exact) mass is 594 g/mol. The summed E-state index contributed by atoms with van der Waals surface area (Å²) in [6.45, 7) is 17.9. The van der Waals surface area contributed by atoms with E-state index in [4.69, 9.17) is 19.9 Å². The van der Waals surface area contributed by atoms with E-state index < -0.39 is 0 Å². The molecule has 0 aliphatic rings. The fourth-order valence-electron chi connectivity index (χ4n) is 4.87. The molecule has 0 aromatic carbocycles. The molecular formula is C36H50N8. The van der Waals surface area contributed by atoms with Gasteiger partial charge < -0.3 is 0 Å². The molecule has 4 aromatic rings. The van der Waals surface area contributed by atoms with Gasteiger partial charge >= 0.3 is 0 Å². The average molecular weight is 595 g/mol. The van der Waals surface area contributed by atoms with Gasteiger partial charge in [-0.15, -0.1) is 10.2 Å². The lowest BCUT2D eigenvalue weighted by Crippen LogP contribution is -2.09. The minimum atomic E-state index is 0.550. The van der Waals surface area contributed by atoms with Crippen molar-refractivity contribution in [3.05, 3.63) is 59.2 Å². The van der Waals surface area contributed by atoms with Crippen molar-refractivity contribution in [2.45, 2.75) is 107 Å². The molecule has 0 radical (unpaired) electrons. The highest BCUT2D eigenvalue weighted by atomic mass is 15.2. The molecule has 4 rings (SSSR count). The Bertz CT molecular complexity index is 1380. The summed E-state index contributed by atoms with van der Waals surface area (Å²) in [5.74, 6) is 3.49. The molecule has 0 atom stereocenters. The number of aromatic nitrogens is 8. The van der Waals surface area contributed by atoms with E-state index in [0.29, 0.717) is 46.7 Å². The van der Waals surface area contributed by atoms with Crippen molar-refractivity contribution in [2.24, 2.45) is 23.7 Å². The van der Waals surface area contributed by atoms with Crippen molar-refractivity contribution in [3.63, 3.8) is 0 Å². The Balaban J connectivity index is 1.63. The molecule has 0 spiro atoms. The van der Waals surface area contributed by atoms with E-state index in [2.05, 4.69) is 75.8 Å². The van der Waals surface area contributed by atoms with E-state index in [1.54, 1.807) is 0 Å². The van der Waals surface area contributed by atoms with Gasteiger partial charge in [-0.1, -0.05) is 67.5 Å². The Hall–Kier alpha value is -3.68. The molecule has 0 aliphatic heterocycles. The molecule has 0 aliphatic carbocycles. The largest absolute Gasteiger partial charge is 0.243 e. The number of hydrogen-bond donors (Lipinski definition) is 0. The lowest BCUT2D eigenvalue weighted by molar-refractivity contribution is 0.556. The molecule has 0 fully saturated rings. The van der Waals surface area contributed by atoms with Crippen LogP contribution in [0.1, 0.15) is 104 Å². The maximum Gasteiger partial charge on any atom is 0.200 e. The van der Waals surface area contributed by atoms with Gasteiger partial charge in [-0.3, -0.25) is 0 Å². The van der Waals surface area contributed by atoms with E-state index in [9.17, 15) is 0 Å². The smallest absolute Gasteiger partial charge is 0.200 e. The molecule has 0 N–H and O–H groups in total. The maximum atomic E-state index is 4.98. The van der Waals surface area contributed by atoms with Crippen molar-refractivity contribution in [1.29, 1.82) is 0 Å². The van der Waals surface area contributed by atoms with Gasteiger partial charge in [-0.05, 0) is 99.3 Å². The lowest BCUT2D eigenvalue weighted by Gasteiger charge is -2.12. The predicted octanol–water partition coefficient (Wildman–Crippen LogP) is 8.20. The van der Waals surface area contributed by atoms with Crippen LogP contribution in [0, 0.1) is 23.7 Å². The van der Waals surface area contributed by atoms with Crippen LogP contribution in [0.5, 0.6) is 0 Å². The van der Waals surface area contributed by atoms with Crippen molar-refractivity contribution >= 4 is 0 Å². The first-order valence-corrected chi connectivity index (χ1v) is 16.5. The summed E-state index contributed by atoms with van der Waals surface area (Å²) in [5, 5.41) is 18.3. The topological polar surface area (TPSA) is 103 Å². The standard InChI is InChI=1S/C36H50N8/c1-23(2)15-19-29-31(21-17-25(5)6)41-43-35(39-29)33-13-9-11-27(37-33)28-12-10-14-34(38-28)36-40-30(20-16-24(3)4)32(42-44-36)22-18-26(7)8/h9-14,23-26H,15-22H2,1-8H3. The average Bonchev–Trinajstić information content (AvgIpc) is 3.01. The number of pyridine rings is 2. The van der Waals surface area contributed by atoms with E-state index >= 15 is 0 Å². The van der Waals surface area contributed by atoms with Crippen LogP contribution < -0.4 is 0 Å². The first kappa shape index (κ1) is 33.2. The molecular weight excluding hydrogens is 544 g/mol. The molecule has 0 bridgehead atoms. The Morgan fingerprint density at radius 1 is 0.386 bits per heavy atom. The zero-order valence-corrected chi connectivity index (χ0v) is 28.0. The summed E-state index contributed by atoms with van der Waals surface area (Å²) in [5.41, 5.74) is 6.93. The number of hydrogen-bond acceptors (Lipinski definition) is 8. The summed E-state index contributed by atoms with van der Waals surface area (Å²) >= 11 is 0. The van der Waals surface area contributed by atoms with Gasteiger partial charge in [-0.2, -0.15) is 10.2 Å². The third-order valence-corrected chi connectivity index (χ3v) is 7.73. The third kappa shape index (κ3) is 9.66. The van der Waals surface area contributed by atoms with Crippen LogP contribution in [-0.4, -0.2) is 40.3 Å². The molecule has 0 unspecified atom stereocenters. The minimum Gasteiger partial charge on any atom is -0.243 e. The van der Waals surface area contributed by atoms with E-state index in [0.717, 1.165) is 85.5 Å². The Labute approximate surface area is 264 Å². The minimum absolute atomic E-state index is 0.550. The lowest BCUT2D eigenvalue weighted by atomic mass is 10.0.